The number of rotatable bonds is 3. The third-order valence-electron chi connectivity index (χ3n) is 5.37. The summed E-state index contributed by atoms with van der Waals surface area (Å²) in [7, 11) is 3.49. The predicted molar refractivity (Wildman–Crippen MR) is 115 cm³/mol. The molecule has 0 N–H and O–H groups in total. The zero-order chi connectivity index (χ0) is 20.6. The minimum atomic E-state index is -0.280. The molecule has 0 aromatic heterocycles. The molecule has 0 atom stereocenters. The van der Waals surface area contributed by atoms with Crippen molar-refractivity contribution in [1.82, 2.24) is 4.90 Å². The molecule has 2 nitrogen and oxygen atoms in total. The van der Waals surface area contributed by atoms with Crippen molar-refractivity contribution in [2.75, 3.05) is 14.1 Å². The van der Waals surface area contributed by atoms with Crippen LogP contribution in [0.1, 0.15) is 56.4 Å². The minimum Gasteiger partial charge on any atom is -0.349 e. The van der Waals surface area contributed by atoms with Gasteiger partial charge in [0.2, 0.25) is 5.91 Å². The average Bonchev–Trinajstić information content (AvgIpc) is 2.86. The van der Waals surface area contributed by atoms with Gasteiger partial charge in [-0.2, -0.15) is 0 Å². The first-order valence-electron chi connectivity index (χ1n) is 9.60. The number of hydrogen-bond donors (Lipinski definition) is 0. The first kappa shape index (κ1) is 20.1. The van der Waals surface area contributed by atoms with Gasteiger partial charge in [0.05, 0.1) is 6.42 Å². The smallest absolute Gasteiger partial charge is 0.226 e. The van der Waals surface area contributed by atoms with E-state index in [9.17, 15) is 9.18 Å². The summed E-state index contributed by atoms with van der Waals surface area (Å²) in [5.41, 5.74) is 7.30. The Morgan fingerprint density at radius 3 is 2.25 bits per heavy atom. The van der Waals surface area contributed by atoms with E-state index in [-0.39, 0.29) is 23.6 Å². The molecule has 1 aliphatic rings. The molecule has 3 heteroatoms. The number of carbonyl (C=O) groups is 1. The van der Waals surface area contributed by atoms with Gasteiger partial charge >= 0.3 is 0 Å². The molecule has 0 saturated carbocycles. The fourth-order valence-electron chi connectivity index (χ4n) is 3.54. The van der Waals surface area contributed by atoms with Crippen LogP contribution in [0.15, 0.2) is 48.0 Å². The van der Waals surface area contributed by atoms with Gasteiger partial charge in [-0.05, 0) is 69.5 Å². The lowest BCUT2D eigenvalue weighted by atomic mass is 9.86. The minimum absolute atomic E-state index is 0.0142. The Balaban J connectivity index is 2.06. The number of allylic oxidation sites excluding steroid dienone is 2. The van der Waals surface area contributed by atoms with Crippen LogP contribution in [-0.4, -0.2) is 24.9 Å². The SMILES string of the molecule is CC1=C(CC(=O)N(C)C)c2cc(F)ccc2/C1=C\c1ccc(C(C)(C)C)cc1. The summed E-state index contributed by atoms with van der Waals surface area (Å²) in [6, 6.07) is 13.4. The zero-order valence-corrected chi connectivity index (χ0v) is 17.6. The second-order valence-electron chi connectivity index (χ2n) is 8.69. The normalized spacial score (nSPS) is 15.2. The highest BCUT2D eigenvalue weighted by atomic mass is 19.1. The van der Waals surface area contributed by atoms with Crippen molar-refractivity contribution in [3.63, 3.8) is 0 Å². The van der Waals surface area contributed by atoms with E-state index in [1.807, 2.05) is 13.0 Å². The van der Waals surface area contributed by atoms with Crippen molar-refractivity contribution in [3.05, 3.63) is 76.1 Å². The van der Waals surface area contributed by atoms with Crippen LogP contribution in [0.3, 0.4) is 0 Å². The average molecular weight is 378 g/mol. The molecule has 28 heavy (non-hydrogen) atoms. The van der Waals surface area contributed by atoms with Gasteiger partial charge in [-0.25, -0.2) is 4.39 Å². The van der Waals surface area contributed by atoms with Gasteiger partial charge in [0, 0.05) is 14.1 Å². The van der Waals surface area contributed by atoms with Gasteiger partial charge in [0.1, 0.15) is 5.82 Å². The Bertz CT molecular complexity index is 973. The maximum absolute atomic E-state index is 13.9. The predicted octanol–water partition coefficient (Wildman–Crippen LogP) is 5.93. The lowest BCUT2D eigenvalue weighted by Gasteiger charge is -2.18. The third-order valence-corrected chi connectivity index (χ3v) is 5.37. The van der Waals surface area contributed by atoms with E-state index in [2.05, 4.69) is 51.1 Å². The summed E-state index contributed by atoms with van der Waals surface area (Å²) in [6.07, 6.45) is 2.40. The van der Waals surface area contributed by atoms with E-state index < -0.39 is 0 Å². The second-order valence-corrected chi connectivity index (χ2v) is 8.69. The van der Waals surface area contributed by atoms with Crippen LogP contribution in [0, 0.1) is 5.82 Å². The fourth-order valence-corrected chi connectivity index (χ4v) is 3.54. The second kappa shape index (κ2) is 7.38. The van der Waals surface area contributed by atoms with Crippen molar-refractivity contribution in [2.24, 2.45) is 0 Å². The quantitative estimate of drug-likeness (QED) is 0.649. The number of fused-ring (bicyclic) bond motifs is 1. The van der Waals surface area contributed by atoms with Gasteiger partial charge in [0.15, 0.2) is 0 Å². The molecule has 2 aromatic carbocycles. The summed E-state index contributed by atoms with van der Waals surface area (Å²) in [6.45, 7) is 8.61. The Labute approximate surface area is 167 Å². The van der Waals surface area contributed by atoms with E-state index in [0.717, 1.165) is 33.4 Å². The molecule has 0 saturated heterocycles. The van der Waals surface area contributed by atoms with Crippen LogP contribution >= 0.6 is 0 Å². The highest BCUT2D eigenvalue weighted by Crippen LogP contribution is 2.44. The summed E-state index contributed by atoms with van der Waals surface area (Å²) < 4.78 is 13.9. The largest absolute Gasteiger partial charge is 0.349 e. The number of nitrogens with zero attached hydrogens (tertiary/aromatic N) is 1. The third kappa shape index (κ3) is 3.94. The molecule has 0 aliphatic heterocycles. The summed E-state index contributed by atoms with van der Waals surface area (Å²) in [5, 5.41) is 0. The maximum Gasteiger partial charge on any atom is 0.226 e. The van der Waals surface area contributed by atoms with E-state index in [4.69, 9.17) is 0 Å². The van der Waals surface area contributed by atoms with Crippen LogP contribution in [-0.2, 0) is 10.2 Å². The number of benzene rings is 2. The summed E-state index contributed by atoms with van der Waals surface area (Å²) in [5.74, 6) is -0.266. The van der Waals surface area contributed by atoms with Crippen LogP contribution in [0.25, 0.3) is 17.2 Å². The van der Waals surface area contributed by atoms with Gasteiger partial charge in [-0.1, -0.05) is 51.1 Å². The number of amides is 1. The van der Waals surface area contributed by atoms with Crippen LogP contribution in [0.4, 0.5) is 4.39 Å². The van der Waals surface area contributed by atoms with Gasteiger partial charge < -0.3 is 4.90 Å². The molecule has 0 fully saturated rings. The first-order chi connectivity index (χ1) is 13.1. The van der Waals surface area contributed by atoms with Crippen molar-refractivity contribution >= 4 is 23.1 Å². The zero-order valence-electron chi connectivity index (χ0n) is 17.6. The summed E-state index contributed by atoms with van der Waals surface area (Å²) >= 11 is 0. The highest BCUT2D eigenvalue weighted by molar-refractivity contribution is 6.08. The lowest BCUT2D eigenvalue weighted by Crippen LogP contribution is -2.21. The van der Waals surface area contributed by atoms with Crippen LogP contribution in [0.2, 0.25) is 0 Å². The number of hydrogen-bond acceptors (Lipinski definition) is 1. The van der Waals surface area contributed by atoms with Gasteiger partial charge in [-0.15, -0.1) is 0 Å². The fraction of sp³-hybridized carbons (Fsp3) is 0.320. The Morgan fingerprint density at radius 1 is 1.04 bits per heavy atom. The van der Waals surface area contributed by atoms with Crippen LogP contribution < -0.4 is 0 Å². The molecule has 1 aliphatic carbocycles. The molecule has 0 unspecified atom stereocenters. The van der Waals surface area contributed by atoms with Crippen LogP contribution in [0.5, 0.6) is 0 Å². The van der Waals surface area contributed by atoms with Gasteiger partial charge in [0.25, 0.3) is 0 Å². The van der Waals surface area contributed by atoms with Crippen molar-refractivity contribution in [2.45, 2.75) is 39.5 Å². The molecular weight excluding hydrogens is 349 g/mol. The summed E-state index contributed by atoms with van der Waals surface area (Å²) in [4.78, 5) is 13.9. The molecule has 3 rings (SSSR count). The Morgan fingerprint density at radius 2 is 1.68 bits per heavy atom. The molecule has 146 valence electrons. The van der Waals surface area contributed by atoms with Crippen molar-refractivity contribution < 1.29 is 9.18 Å². The first-order valence-corrected chi connectivity index (χ1v) is 9.60. The Kier molecular flexibility index (Phi) is 5.29. The number of halogens is 1. The lowest BCUT2D eigenvalue weighted by molar-refractivity contribution is -0.127. The topological polar surface area (TPSA) is 20.3 Å². The monoisotopic (exact) mass is 377 g/mol. The standard InChI is InChI=1S/C25H28FNO/c1-16-21(13-17-7-9-18(10-8-17)25(2,3)4)20-12-11-19(26)14-23(20)22(16)15-24(28)27(5)6/h7-14H,15H2,1-6H3/b21-13-. The van der Waals surface area contributed by atoms with E-state index in [1.54, 1.807) is 25.1 Å². The van der Waals surface area contributed by atoms with Crippen molar-refractivity contribution in [1.29, 1.82) is 0 Å². The van der Waals surface area contributed by atoms with E-state index >= 15 is 0 Å². The van der Waals surface area contributed by atoms with Crippen molar-refractivity contribution in [3.8, 4) is 0 Å². The molecule has 0 spiro atoms. The number of carbonyl (C=O) groups excluding carboxylic acids is 1. The molecule has 0 bridgehead atoms. The maximum atomic E-state index is 13.9. The molecule has 0 radical (unpaired) electrons. The molecule has 1 amide bonds. The molecule has 0 heterocycles. The van der Waals surface area contributed by atoms with Gasteiger partial charge in [-0.3, -0.25) is 4.79 Å². The molecular formula is C25H28FNO. The highest BCUT2D eigenvalue weighted by Gasteiger charge is 2.26. The van der Waals surface area contributed by atoms with E-state index in [0.29, 0.717) is 0 Å². The molecule has 2 aromatic rings. The Hall–Kier alpha value is -2.68. The van der Waals surface area contributed by atoms with E-state index in [1.165, 1.54) is 11.6 Å².